The molecule has 0 aliphatic rings. The largest absolute Gasteiger partial charge is 0.496 e. The molecule has 0 saturated carbocycles. The number of methoxy groups -OCH3 is 1. The molecule has 0 unspecified atom stereocenters. The molecule has 5 nitrogen and oxygen atoms in total. The lowest BCUT2D eigenvalue weighted by Gasteiger charge is -2.12. The fourth-order valence-electron chi connectivity index (χ4n) is 2.76. The smallest absolute Gasteiger partial charge is 0.191 e. The highest BCUT2D eigenvalue weighted by Gasteiger charge is 2.05. The molecule has 2 rings (SSSR count). The number of hydrogen-bond donors (Lipinski definition) is 2. The van der Waals surface area contributed by atoms with Crippen molar-refractivity contribution in [2.45, 2.75) is 40.5 Å². The molecule has 0 amide bonds. The predicted octanol–water partition coefficient (Wildman–Crippen LogP) is 3.42. The van der Waals surface area contributed by atoms with E-state index in [1.807, 2.05) is 0 Å². The van der Waals surface area contributed by atoms with Crippen molar-refractivity contribution in [1.29, 1.82) is 0 Å². The van der Waals surface area contributed by atoms with Gasteiger partial charge in [0, 0.05) is 30.9 Å². The molecule has 6 heteroatoms. The van der Waals surface area contributed by atoms with Crippen LogP contribution in [-0.4, -0.2) is 37.7 Å². The predicted molar refractivity (Wildman–Crippen MR) is 111 cm³/mol. The van der Waals surface area contributed by atoms with Crippen molar-refractivity contribution in [1.82, 2.24) is 15.6 Å². The molecule has 2 aromatic rings. The third-order valence-electron chi connectivity index (χ3n) is 4.13. The molecule has 0 aliphatic heterocycles. The summed E-state index contributed by atoms with van der Waals surface area (Å²) in [6, 6.07) is 6.36. The fourth-order valence-corrected chi connectivity index (χ4v) is 3.69. The normalized spacial score (nSPS) is 11.5. The summed E-state index contributed by atoms with van der Waals surface area (Å²) in [5, 5.41) is 7.85. The quantitative estimate of drug-likeness (QED) is 0.549. The lowest BCUT2D eigenvalue weighted by Crippen LogP contribution is -2.38. The van der Waals surface area contributed by atoms with Gasteiger partial charge in [-0.1, -0.05) is 12.1 Å². The molecule has 0 radical (unpaired) electrons. The van der Waals surface area contributed by atoms with Gasteiger partial charge < -0.3 is 15.4 Å². The number of ether oxygens (including phenoxy) is 1. The second-order valence-electron chi connectivity index (χ2n) is 6.23. The van der Waals surface area contributed by atoms with E-state index >= 15 is 0 Å². The molecule has 2 N–H and O–H groups in total. The van der Waals surface area contributed by atoms with Crippen LogP contribution in [0.15, 0.2) is 23.2 Å². The summed E-state index contributed by atoms with van der Waals surface area (Å²) in [6.07, 6.45) is 1.86. The summed E-state index contributed by atoms with van der Waals surface area (Å²) >= 11 is 1.77. The van der Waals surface area contributed by atoms with Gasteiger partial charge in [0.1, 0.15) is 5.75 Å². The van der Waals surface area contributed by atoms with Crippen molar-refractivity contribution in [2.24, 2.45) is 4.99 Å². The monoisotopic (exact) mass is 374 g/mol. The van der Waals surface area contributed by atoms with Gasteiger partial charge in [-0.15, -0.1) is 11.3 Å². The number of nitrogens with zero attached hydrogens (tertiary/aromatic N) is 2. The van der Waals surface area contributed by atoms with E-state index in [2.05, 4.69) is 66.5 Å². The van der Waals surface area contributed by atoms with Gasteiger partial charge in [-0.05, 0) is 51.3 Å². The van der Waals surface area contributed by atoms with Crippen molar-refractivity contribution in [2.75, 3.05) is 26.7 Å². The summed E-state index contributed by atoms with van der Waals surface area (Å²) in [7, 11) is 1.71. The van der Waals surface area contributed by atoms with Crippen LogP contribution in [0, 0.1) is 20.8 Å². The van der Waals surface area contributed by atoms with Crippen LogP contribution in [0.4, 0.5) is 0 Å². The van der Waals surface area contributed by atoms with Crippen LogP contribution in [0.3, 0.4) is 0 Å². The Morgan fingerprint density at radius 1 is 1.19 bits per heavy atom. The molecule has 1 heterocycles. The number of thiazole rings is 1. The first-order chi connectivity index (χ1) is 12.5. The van der Waals surface area contributed by atoms with E-state index in [-0.39, 0.29) is 0 Å². The molecule has 0 fully saturated rings. The minimum Gasteiger partial charge on any atom is -0.496 e. The Bertz CT molecular complexity index is 739. The van der Waals surface area contributed by atoms with Crippen LogP contribution in [0.5, 0.6) is 5.75 Å². The highest BCUT2D eigenvalue weighted by molar-refractivity contribution is 7.11. The Kier molecular flexibility index (Phi) is 7.91. The standard InChI is InChI=1S/C20H30N4OS/c1-6-21-20(23-12-10-19-15(3)24-16(4)26-19)22-11-9-17-8-7-14(2)18(13-17)25-5/h7-8,13H,6,9-12H2,1-5H3,(H2,21,22,23). The summed E-state index contributed by atoms with van der Waals surface area (Å²) < 4.78 is 5.40. The van der Waals surface area contributed by atoms with Crippen LogP contribution in [0.25, 0.3) is 0 Å². The molecule has 142 valence electrons. The van der Waals surface area contributed by atoms with Crippen LogP contribution < -0.4 is 15.4 Å². The minimum absolute atomic E-state index is 0.760. The molecule has 1 aromatic heterocycles. The number of benzene rings is 1. The highest BCUT2D eigenvalue weighted by Crippen LogP contribution is 2.19. The maximum atomic E-state index is 5.40. The Morgan fingerprint density at radius 3 is 2.65 bits per heavy atom. The van der Waals surface area contributed by atoms with E-state index in [4.69, 9.17) is 4.74 Å². The molecular weight excluding hydrogens is 344 g/mol. The van der Waals surface area contributed by atoms with Crippen LogP contribution in [-0.2, 0) is 12.8 Å². The van der Waals surface area contributed by atoms with Crippen molar-refractivity contribution < 1.29 is 4.74 Å². The Morgan fingerprint density at radius 2 is 2.00 bits per heavy atom. The highest BCUT2D eigenvalue weighted by atomic mass is 32.1. The van der Waals surface area contributed by atoms with Gasteiger partial charge in [0.2, 0.25) is 0 Å². The maximum absolute atomic E-state index is 5.40. The Balaban J connectivity index is 1.86. The zero-order valence-electron chi connectivity index (χ0n) is 16.5. The number of hydrogen-bond acceptors (Lipinski definition) is 4. The maximum Gasteiger partial charge on any atom is 0.191 e. The second-order valence-corrected chi connectivity index (χ2v) is 7.52. The summed E-state index contributed by atoms with van der Waals surface area (Å²) in [5.74, 6) is 1.81. The molecule has 1 aromatic carbocycles. The van der Waals surface area contributed by atoms with E-state index < -0.39 is 0 Å². The third-order valence-corrected chi connectivity index (χ3v) is 5.26. The van der Waals surface area contributed by atoms with E-state index in [1.54, 1.807) is 18.4 Å². The van der Waals surface area contributed by atoms with E-state index in [9.17, 15) is 0 Å². The minimum atomic E-state index is 0.760. The second kappa shape index (κ2) is 10.2. The molecule has 26 heavy (non-hydrogen) atoms. The van der Waals surface area contributed by atoms with E-state index in [0.29, 0.717) is 0 Å². The number of nitrogens with one attached hydrogen (secondary N) is 2. The molecular formula is C20H30N4OS. The summed E-state index contributed by atoms with van der Waals surface area (Å²) in [6.45, 7) is 10.7. The van der Waals surface area contributed by atoms with Gasteiger partial charge in [0.25, 0.3) is 0 Å². The van der Waals surface area contributed by atoms with Gasteiger partial charge in [0.15, 0.2) is 5.96 Å². The number of rotatable bonds is 8. The van der Waals surface area contributed by atoms with Gasteiger partial charge >= 0.3 is 0 Å². The average Bonchev–Trinajstić information content (AvgIpc) is 2.93. The van der Waals surface area contributed by atoms with Gasteiger partial charge in [-0.3, -0.25) is 4.99 Å². The van der Waals surface area contributed by atoms with Crippen LogP contribution >= 0.6 is 11.3 Å². The number of aromatic nitrogens is 1. The van der Waals surface area contributed by atoms with Crippen molar-refractivity contribution in [3.8, 4) is 5.75 Å². The number of aliphatic imine (C=N–C) groups is 1. The fraction of sp³-hybridized carbons (Fsp3) is 0.500. The summed E-state index contributed by atoms with van der Waals surface area (Å²) in [4.78, 5) is 10.5. The first-order valence-corrected chi connectivity index (χ1v) is 9.93. The zero-order chi connectivity index (χ0) is 18.9. The van der Waals surface area contributed by atoms with Crippen LogP contribution in [0.1, 0.15) is 33.6 Å². The third kappa shape index (κ3) is 6.02. The Labute approximate surface area is 160 Å². The summed E-state index contributed by atoms with van der Waals surface area (Å²) in [5.41, 5.74) is 3.55. The lowest BCUT2D eigenvalue weighted by atomic mass is 10.1. The first kappa shape index (κ1) is 20.2. The molecule has 0 atom stereocenters. The zero-order valence-corrected chi connectivity index (χ0v) is 17.3. The van der Waals surface area contributed by atoms with Crippen molar-refractivity contribution in [3.63, 3.8) is 0 Å². The molecule has 0 saturated heterocycles. The lowest BCUT2D eigenvalue weighted by molar-refractivity contribution is 0.411. The topological polar surface area (TPSA) is 58.5 Å². The molecule has 0 aliphatic carbocycles. The Hall–Kier alpha value is -2.08. The average molecular weight is 375 g/mol. The van der Waals surface area contributed by atoms with Crippen LogP contribution in [0.2, 0.25) is 0 Å². The van der Waals surface area contributed by atoms with Crippen molar-refractivity contribution >= 4 is 17.3 Å². The van der Waals surface area contributed by atoms with Gasteiger partial charge in [-0.25, -0.2) is 4.98 Å². The van der Waals surface area contributed by atoms with E-state index in [1.165, 1.54) is 10.4 Å². The van der Waals surface area contributed by atoms with Crippen molar-refractivity contribution in [3.05, 3.63) is 44.9 Å². The van der Waals surface area contributed by atoms with Gasteiger partial charge in [-0.2, -0.15) is 0 Å². The van der Waals surface area contributed by atoms with E-state index in [0.717, 1.165) is 60.4 Å². The van der Waals surface area contributed by atoms with Gasteiger partial charge in [0.05, 0.1) is 17.8 Å². The first-order valence-electron chi connectivity index (χ1n) is 9.12. The SMILES string of the molecule is CCNC(=NCCc1sc(C)nc1C)NCCc1ccc(C)c(OC)c1. The number of guanidine groups is 1. The molecule has 0 bridgehead atoms. The molecule has 0 spiro atoms. The number of aryl methyl sites for hydroxylation is 3.